The number of hydrogen-bond donors (Lipinski definition) is 1. The lowest BCUT2D eigenvalue weighted by Crippen LogP contribution is -2.38. The Balaban J connectivity index is 1.51. The van der Waals surface area contributed by atoms with Crippen molar-refractivity contribution in [2.24, 2.45) is 0 Å². The molecule has 4 rings (SSSR count). The minimum atomic E-state index is -3.28. The zero-order chi connectivity index (χ0) is 25.5. The SMILES string of the molecule is CS(=O)(=O)Cc1ccc(C(=O)Nc2ccc(I)c(-c3ccccn3)c2)cc1OCCN1CCOCC1. The van der Waals surface area contributed by atoms with Gasteiger partial charge >= 0.3 is 0 Å². The minimum Gasteiger partial charge on any atom is -0.492 e. The van der Waals surface area contributed by atoms with E-state index in [-0.39, 0.29) is 11.7 Å². The molecule has 1 aliphatic rings. The molecule has 1 amide bonds. The number of morpholine rings is 1. The fraction of sp³-hybridized carbons (Fsp3) is 0.308. The Morgan fingerprint density at radius 3 is 2.67 bits per heavy atom. The molecule has 190 valence electrons. The molecule has 1 aliphatic heterocycles. The molecule has 2 heterocycles. The second-order valence-electron chi connectivity index (χ2n) is 8.56. The van der Waals surface area contributed by atoms with Gasteiger partial charge in [0.05, 0.1) is 24.7 Å². The first-order valence-electron chi connectivity index (χ1n) is 11.5. The lowest BCUT2D eigenvalue weighted by atomic mass is 10.1. The standard InChI is InChI=1S/C26H28IN3O5S/c1-36(32,33)18-20-6-5-19(16-25(20)35-15-12-30-10-13-34-14-11-30)26(31)29-21-7-8-23(27)22(17-21)24-4-2-3-9-28-24/h2-9,16-17H,10-15,18H2,1H3,(H,29,31). The van der Waals surface area contributed by atoms with Crippen molar-refractivity contribution in [2.45, 2.75) is 5.75 Å². The van der Waals surface area contributed by atoms with Crippen LogP contribution in [0.3, 0.4) is 0 Å². The highest BCUT2D eigenvalue weighted by molar-refractivity contribution is 14.1. The summed E-state index contributed by atoms with van der Waals surface area (Å²) in [7, 11) is -3.28. The number of carbonyl (C=O) groups excluding carboxylic acids is 1. The Labute approximate surface area is 225 Å². The number of amides is 1. The highest BCUT2D eigenvalue weighted by Crippen LogP contribution is 2.28. The number of nitrogens with zero attached hydrogens (tertiary/aromatic N) is 2. The van der Waals surface area contributed by atoms with Gasteiger partial charge in [-0.15, -0.1) is 0 Å². The number of sulfone groups is 1. The molecule has 0 atom stereocenters. The molecule has 10 heteroatoms. The van der Waals surface area contributed by atoms with E-state index in [1.807, 2.05) is 36.4 Å². The second-order valence-corrected chi connectivity index (χ2v) is 11.9. The first kappa shape index (κ1) is 26.5. The number of rotatable bonds is 9. The van der Waals surface area contributed by atoms with E-state index in [1.165, 1.54) is 6.26 Å². The third-order valence-corrected chi connectivity index (χ3v) is 7.46. The monoisotopic (exact) mass is 621 g/mol. The van der Waals surface area contributed by atoms with Crippen LogP contribution in [0.5, 0.6) is 5.75 Å². The fourth-order valence-corrected chi connectivity index (χ4v) is 5.28. The summed E-state index contributed by atoms with van der Waals surface area (Å²) in [4.78, 5) is 19.7. The lowest BCUT2D eigenvalue weighted by Gasteiger charge is -2.26. The Morgan fingerprint density at radius 2 is 1.94 bits per heavy atom. The lowest BCUT2D eigenvalue weighted by molar-refractivity contribution is 0.0322. The van der Waals surface area contributed by atoms with Gasteiger partial charge in [0.15, 0.2) is 9.84 Å². The van der Waals surface area contributed by atoms with Crippen molar-refractivity contribution in [2.75, 3.05) is 51.0 Å². The van der Waals surface area contributed by atoms with Gasteiger partial charge in [-0.3, -0.25) is 14.7 Å². The number of hydrogen-bond acceptors (Lipinski definition) is 7. The maximum atomic E-state index is 13.1. The molecule has 1 fully saturated rings. The van der Waals surface area contributed by atoms with E-state index >= 15 is 0 Å². The second kappa shape index (κ2) is 12.1. The van der Waals surface area contributed by atoms with Gasteiger partial charge in [-0.25, -0.2) is 8.42 Å². The van der Waals surface area contributed by atoms with Crippen LogP contribution in [0.2, 0.25) is 0 Å². The van der Waals surface area contributed by atoms with Gasteiger partial charge in [0.2, 0.25) is 0 Å². The molecule has 3 aromatic rings. The van der Waals surface area contributed by atoms with E-state index in [2.05, 4.69) is 37.8 Å². The fourth-order valence-electron chi connectivity index (χ4n) is 3.87. The van der Waals surface area contributed by atoms with Crippen LogP contribution in [0.4, 0.5) is 5.69 Å². The van der Waals surface area contributed by atoms with Gasteiger partial charge in [-0.05, 0) is 65.1 Å². The average Bonchev–Trinajstić information content (AvgIpc) is 2.86. The maximum Gasteiger partial charge on any atom is 0.255 e. The smallest absolute Gasteiger partial charge is 0.255 e. The van der Waals surface area contributed by atoms with Crippen LogP contribution in [-0.2, 0) is 20.3 Å². The van der Waals surface area contributed by atoms with Crippen molar-refractivity contribution in [1.29, 1.82) is 0 Å². The number of aromatic nitrogens is 1. The molecule has 0 unspecified atom stereocenters. The number of ether oxygens (including phenoxy) is 2. The molecule has 2 aromatic carbocycles. The van der Waals surface area contributed by atoms with Crippen LogP contribution in [0.25, 0.3) is 11.3 Å². The molecule has 1 saturated heterocycles. The summed E-state index contributed by atoms with van der Waals surface area (Å²) in [5, 5.41) is 2.93. The van der Waals surface area contributed by atoms with Gasteiger partial charge < -0.3 is 14.8 Å². The Kier molecular flexibility index (Phi) is 8.94. The quantitative estimate of drug-likeness (QED) is 0.363. The molecule has 1 N–H and O–H groups in total. The third kappa shape index (κ3) is 7.48. The molecular weight excluding hydrogens is 593 g/mol. The first-order valence-corrected chi connectivity index (χ1v) is 14.7. The molecule has 8 nitrogen and oxygen atoms in total. The van der Waals surface area contributed by atoms with Gasteiger partial charge in [0.25, 0.3) is 5.91 Å². The number of halogens is 1. The predicted molar refractivity (Wildman–Crippen MR) is 148 cm³/mol. The van der Waals surface area contributed by atoms with E-state index < -0.39 is 9.84 Å². The number of nitrogens with one attached hydrogen (secondary N) is 1. The normalized spacial score (nSPS) is 14.4. The third-order valence-electron chi connectivity index (χ3n) is 5.68. The van der Waals surface area contributed by atoms with Gasteiger partial charge in [-0.2, -0.15) is 0 Å². The zero-order valence-corrected chi connectivity index (χ0v) is 22.9. The molecule has 0 radical (unpaired) electrons. The molecular formula is C26H28IN3O5S. The van der Waals surface area contributed by atoms with Gasteiger partial charge in [0, 0.05) is 58.0 Å². The van der Waals surface area contributed by atoms with E-state index in [4.69, 9.17) is 9.47 Å². The van der Waals surface area contributed by atoms with Crippen molar-refractivity contribution in [3.63, 3.8) is 0 Å². The summed E-state index contributed by atoms with van der Waals surface area (Å²) in [6.07, 6.45) is 2.91. The van der Waals surface area contributed by atoms with E-state index in [0.29, 0.717) is 48.9 Å². The summed E-state index contributed by atoms with van der Waals surface area (Å²) >= 11 is 2.24. The van der Waals surface area contributed by atoms with E-state index in [0.717, 1.165) is 27.9 Å². The maximum absolute atomic E-state index is 13.1. The average molecular weight is 621 g/mol. The van der Waals surface area contributed by atoms with Crippen molar-refractivity contribution in [3.8, 4) is 17.0 Å². The Hall–Kier alpha value is -2.54. The van der Waals surface area contributed by atoms with Gasteiger partial charge in [-0.1, -0.05) is 12.1 Å². The van der Waals surface area contributed by atoms with Crippen molar-refractivity contribution >= 4 is 44.0 Å². The van der Waals surface area contributed by atoms with Crippen molar-refractivity contribution in [1.82, 2.24) is 9.88 Å². The van der Waals surface area contributed by atoms with E-state index in [9.17, 15) is 13.2 Å². The highest BCUT2D eigenvalue weighted by atomic mass is 127. The van der Waals surface area contributed by atoms with E-state index in [1.54, 1.807) is 24.4 Å². The molecule has 36 heavy (non-hydrogen) atoms. The minimum absolute atomic E-state index is 0.160. The van der Waals surface area contributed by atoms with Crippen molar-refractivity contribution in [3.05, 3.63) is 75.5 Å². The summed E-state index contributed by atoms with van der Waals surface area (Å²) < 4.78 is 36.3. The highest BCUT2D eigenvalue weighted by Gasteiger charge is 2.16. The molecule has 0 bridgehead atoms. The van der Waals surface area contributed by atoms with Crippen LogP contribution < -0.4 is 10.1 Å². The largest absolute Gasteiger partial charge is 0.492 e. The first-order chi connectivity index (χ1) is 17.3. The van der Waals surface area contributed by atoms with Crippen LogP contribution in [0.15, 0.2) is 60.8 Å². The van der Waals surface area contributed by atoms with Crippen LogP contribution >= 0.6 is 22.6 Å². The zero-order valence-electron chi connectivity index (χ0n) is 19.9. The number of carbonyl (C=O) groups is 1. The van der Waals surface area contributed by atoms with Crippen LogP contribution in [0, 0.1) is 3.57 Å². The summed E-state index contributed by atoms with van der Waals surface area (Å²) in [5.74, 6) is -0.0722. The number of anilines is 1. The Morgan fingerprint density at radius 1 is 1.14 bits per heavy atom. The summed E-state index contributed by atoms with van der Waals surface area (Å²) in [6, 6.07) is 16.2. The van der Waals surface area contributed by atoms with Crippen LogP contribution in [0.1, 0.15) is 15.9 Å². The molecule has 1 aromatic heterocycles. The Bertz CT molecular complexity index is 1310. The summed E-state index contributed by atoms with van der Waals surface area (Å²) in [6.45, 7) is 4.12. The molecule has 0 spiro atoms. The number of pyridine rings is 1. The van der Waals surface area contributed by atoms with Crippen molar-refractivity contribution < 1.29 is 22.7 Å². The van der Waals surface area contributed by atoms with Gasteiger partial charge in [0.1, 0.15) is 12.4 Å². The number of benzene rings is 2. The summed E-state index contributed by atoms with van der Waals surface area (Å²) in [5.41, 5.74) is 3.29. The molecule has 0 saturated carbocycles. The molecule has 0 aliphatic carbocycles. The predicted octanol–water partition coefficient (Wildman–Crippen LogP) is 3.86. The topological polar surface area (TPSA) is 97.8 Å². The van der Waals surface area contributed by atoms with Crippen LogP contribution in [-0.4, -0.2) is 69.9 Å².